The third-order valence-corrected chi connectivity index (χ3v) is 3.01. The molecule has 1 aliphatic carbocycles. The Labute approximate surface area is 109 Å². The minimum absolute atomic E-state index is 0.108. The molecule has 0 spiro atoms. The first kappa shape index (κ1) is 14.5. The van der Waals surface area contributed by atoms with Crippen LogP contribution in [-0.4, -0.2) is 17.8 Å². The Morgan fingerprint density at radius 3 is 2.78 bits per heavy atom. The van der Waals surface area contributed by atoms with Crippen molar-refractivity contribution < 1.29 is 4.79 Å². The van der Waals surface area contributed by atoms with Crippen LogP contribution in [0.1, 0.15) is 40.5 Å². The highest BCUT2D eigenvalue weighted by Crippen LogP contribution is 2.26. The zero-order valence-corrected chi connectivity index (χ0v) is 11.7. The SMILES string of the molecule is C=C(C)[C@@H]1CC=C(C)/C(=N\NC(=O)NC(C)C)C1. The second-order valence-electron chi connectivity index (χ2n) is 5.17. The van der Waals surface area contributed by atoms with Gasteiger partial charge < -0.3 is 5.32 Å². The molecule has 0 saturated heterocycles. The molecular formula is C14H23N3O. The normalized spacial score (nSPS) is 21.7. The van der Waals surface area contributed by atoms with E-state index in [1.165, 1.54) is 0 Å². The molecule has 18 heavy (non-hydrogen) atoms. The quantitative estimate of drug-likeness (QED) is 0.586. The molecule has 0 fully saturated rings. The number of nitrogens with one attached hydrogen (secondary N) is 2. The second kappa shape index (κ2) is 6.38. The van der Waals surface area contributed by atoms with Crippen molar-refractivity contribution >= 4 is 11.7 Å². The number of hydrogen-bond acceptors (Lipinski definition) is 2. The van der Waals surface area contributed by atoms with E-state index < -0.39 is 0 Å². The van der Waals surface area contributed by atoms with Gasteiger partial charge in [0, 0.05) is 6.04 Å². The molecule has 0 aromatic carbocycles. The Morgan fingerprint density at radius 1 is 1.56 bits per heavy atom. The van der Waals surface area contributed by atoms with Gasteiger partial charge in [0.2, 0.25) is 0 Å². The van der Waals surface area contributed by atoms with Gasteiger partial charge in [-0.2, -0.15) is 5.10 Å². The molecule has 0 radical (unpaired) electrons. The maximum absolute atomic E-state index is 11.5. The van der Waals surface area contributed by atoms with Gasteiger partial charge >= 0.3 is 6.03 Å². The predicted octanol–water partition coefficient (Wildman–Crippen LogP) is 2.98. The molecule has 0 unspecified atom stereocenters. The van der Waals surface area contributed by atoms with Crippen LogP contribution < -0.4 is 10.7 Å². The minimum atomic E-state index is -0.261. The van der Waals surface area contributed by atoms with Gasteiger partial charge in [-0.1, -0.05) is 18.2 Å². The van der Waals surface area contributed by atoms with Crippen molar-refractivity contribution in [2.24, 2.45) is 11.0 Å². The van der Waals surface area contributed by atoms with E-state index in [-0.39, 0.29) is 12.1 Å². The smallest absolute Gasteiger partial charge is 0.335 e. The van der Waals surface area contributed by atoms with Gasteiger partial charge in [-0.25, -0.2) is 10.2 Å². The zero-order chi connectivity index (χ0) is 13.7. The first-order chi connectivity index (χ1) is 8.40. The number of nitrogens with zero attached hydrogens (tertiary/aromatic N) is 1. The third-order valence-electron chi connectivity index (χ3n) is 3.01. The number of carbonyl (C=O) groups is 1. The van der Waals surface area contributed by atoms with Crippen LogP contribution in [0.25, 0.3) is 0 Å². The fraction of sp³-hybridized carbons (Fsp3) is 0.571. The highest BCUT2D eigenvalue weighted by Gasteiger charge is 2.18. The summed E-state index contributed by atoms with van der Waals surface area (Å²) in [5, 5.41) is 6.93. The molecule has 2 amide bonds. The lowest BCUT2D eigenvalue weighted by atomic mass is 9.85. The van der Waals surface area contributed by atoms with Crippen LogP contribution in [0.3, 0.4) is 0 Å². The number of amides is 2. The number of urea groups is 1. The van der Waals surface area contributed by atoms with Gasteiger partial charge in [0.25, 0.3) is 0 Å². The van der Waals surface area contributed by atoms with Crippen LogP contribution in [0, 0.1) is 5.92 Å². The summed E-state index contributed by atoms with van der Waals surface area (Å²) in [7, 11) is 0. The van der Waals surface area contributed by atoms with Gasteiger partial charge in [0.15, 0.2) is 0 Å². The number of rotatable bonds is 3. The molecule has 0 saturated carbocycles. The Balaban J connectivity index is 2.64. The summed E-state index contributed by atoms with van der Waals surface area (Å²) in [5.41, 5.74) is 5.78. The van der Waals surface area contributed by atoms with Crippen molar-refractivity contribution in [2.45, 2.75) is 46.6 Å². The van der Waals surface area contributed by atoms with Gasteiger partial charge in [0.05, 0.1) is 5.71 Å². The lowest BCUT2D eigenvalue weighted by Crippen LogP contribution is -2.37. The molecule has 0 bridgehead atoms. The van der Waals surface area contributed by atoms with Crippen LogP contribution in [0.15, 0.2) is 28.9 Å². The van der Waals surface area contributed by atoms with E-state index in [1.807, 2.05) is 27.7 Å². The molecule has 0 heterocycles. The Hall–Kier alpha value is -1.58. The molecule has 0 aliphatic heterocycles. The van der Waals surface area contributed by atoms with E-state index in [2.05, 4.69) is 28.5 Å². The van der Waals surface area contributed by atoms with Crippen LogP contribution in [0.2, 0.25) is 0 Å². The molecule has 100 valence electrons. The van der Waals surface area contributed by atoms with E-state index in [4.69, 9.17) is 0 Å². The summed E-state index contributed by atoms with van der Waals surface area (Å²) >= 11 is 0. The molecule has 0 aromatic heterocycles. The van der Waals surface area contributed by atoms with Crippen molar-refractivity contribution in [1.29, 1.82) is 0 Å². The highest BCUT2D eigenvalue weighted by molar-refractivity contribution is 6.01. The Kier molecular flexibility index (Phi) is 5.13. The van der Waals surface area contributed by atoms with Crippen molar-refractivity contribution in [3.8, 4) is 0 Å². The highest BCUT2D eigenvalue weighted by atomic mass is 16.2. The Morgan fingerprint density at radius 2 is 2.22 bits per heavy atom. The third kappa shape index (κ3) is 4.35. The van der Waals surface area contributed by atoms with Gasteiger partial charge in [-0.3, -0.25) is 0 Å². The van der Waals surface area contributed by atoms with E-state index in [0.717, 1.165) is 29.7 Å². The molecule has 0 aromatic rings. The molecule has 1 atom stereocenters. The fourth-order valence-electron chi connectivity index (χ4n) is 1.84. The average Bonchev–Trinajstić information content (AvgIpc) is 2.26. The van der Waals surface area contributed by atoms with Crippen molar-refractivity contribution in [1.82, 2.24) is 10.7 Å². The molecule has 2 N–H and O–H groups in total. The van der Waals surface area contributed by atoms with Crippen LogP contribution in [0.5, 0.6) is 0 Å². The van der Waals surface area contributed by atoms with E-state index in [1.54, 1.807) is 0 Å². The summed E-state index contributed by atoms with van der Waals surface area (Å²) in [6, 6.07) is -0.154. The lowest BCUT2D eigenvalue weighted by Gasteiger charge is -2.22. The van der Waals surface area contributed by atoms with E-state index in [9.17, 15) is 4.79 Å². The Bertz CT molecular complexity index is 394. The molecule has 1 aliphatic rings. The molecular weight excluding hydrogens is 226 g/mol. The number of hydrogen-bond donors (Lipinski definition) is 2. The predicted molar refractivity (Wildman–Crippen MR) is 75.5 cm³/mol. The first-order valence-electron chi connectivity index (χ1n) is 6.35. The van der Waals surface area contributed by atoms with Crippen molar-refractivity contribution in [3.63, 3.8) is 0 Å². The first-order valence-corrected chi connectivity index (χ1v) is 6.35. The minimum Gasteiger partial charge on any atom is -0.335 e. The summed E-state index contributed by atoms with van der Waals surface area (Å²) in [5.74, 6) is 0.433. The largest absolute Gasteiger partial charge is 0.335 e. The maximum Gasteiger partial charge on any atom is 0.335 e. The van der Waals surface area contributed by atoms with Gasteiger partial charge in [0.1, 0.15) is 0 Å². The number of carbonyl (C=O) groups excluding carboxylic acids is 1. The van der Waals surface area contributed by atoms with E-state index in [0.29, 0.717) is 5.92 Å². The van der Waals surface area contributed by atoms with Crippen molar-refractivity contribution in [2.75, 3.05) is 0 Å². The van der Waals surface area contributed by atoms with Crippen LogP contribution in [-0.2, 0) is 0 Å². The van der Waals surface area contributed by atoms with Crippen molar-refractivity contribution in [3.05, 3.63) is 23.8 Å². The summed E-state index contributed by atoms with van der Waals surface area (Å²) in [6.07, 6.45) is 4.02. The van der Waals surface area contributed by atoms with Gasteiger partial charge in [-0.15, -0.1) is 0 Å². The van der Waals surface area contributed by atoms with Gasteiger partial charge in [-0.05, 0) is 52.0 Å². The molecule has 4 heteroatoms. The van der Waals surface area contributed by atoms with Crippen LogP contribution >= 0.6 is 0 Å². The zero-order valence-electron chi connectivity index (χ0n) is 11.7. The molecule has 4 nitrogen and oxygen atoms in total. The standard InChI is InChI=1S/C14H23N3O/c1-9(2)12-7-6-11(5)13(8-12)16-17-14(18)15-10(3)4/h6,10,12H,1,7-8H2,2-5H3,(H2,15,17,18)/b16-13-/t12-/m1/s1. The van der Waals surface area contributed by atoms with E-state index >= 15 is 0 Å². The maximum atomic E-state index is 11.5. The summed E-state index contributed by atoms with van der Waals surface area (Å²) < 4.78 is 0. The topological polar surface area (TPSA) is 53.5 Å². The lowest BCUT2D eigenvalue weighted by molar-refractivity contribution is 0.239. The molecule has 1 rings (SSSR count). The fourth-order valence-corrected chi connectivity index (χ4v) is 1.84. The average molecular weight is 249 g/mol. The summed E-state index contributed by atoms with van der Waals surface area (Å²) in [4.78, 5) is 11.5. The number of hydrazone groups is 1. The monoisotopic (exact) mass is 249 g/mol. The summed E-state index contributed by atoms with van der Waals surface area (Å²) in [6.45, 7) is 11.9. The number of allylic oxidation sites excluding steroid dienone is 3. The van der Waals surface area contributed by atoms with Crippen LogP contribution in [0.4, 0.5) is 4.79 Å². The second-order valence-corrected chi connectivity index (χ2v) is 5.17.